The lowest BCUT2D eigenvalue weighted by Crippen LogP contribution is -2.09. The van der Waals surface area contributed by atoms with Crippen molar-refractivity contribution in [2.75, 3.05) is 11.9 Å². The number of benzene rings is 1. The second kappa shape index (κ2) is 5.49. The fraction of sp³-hybridized carbons (Fsp3) is 0.333. The number of rotatable bonds is 3. The van der Waals surface area contributed by atoms with Crippen molar-refractivity contribution >= 4 is 27.4 Å². The van der Waals surface area contributed by atoms with Gasteiger partial charge in [-0.15, -0.1) is 11.3 Å². The molecule has 1 N–H and O–H groups in total. The zero-order valence-corrected chi connectivity index (χ0v) is 14.3. The number of hydrogen-bond acceptors (Lipinski definition) is 5. The second-order valence-electron chi connectivity index (χ2n) is 6.20. The Balaban J connectivity index is 1.83. The van der Waals surface area contributed by atoms with Crippen LogP contribution in [-0.4, -0.2) is 22.6 Å². The SMILES string of the molecule is Cc1cc(-c2csc(NC(C)C)n2)nc2c3c(ccc12)OCC3. The number of aryl methyl sites for hydroxylation is 1. The first-order valence-corrected chi connectivity index (χ1v) is 8.78. The number of nitrogens with zero attached hydrogens (tertiary/aromatic N) is 2. The van der Waals surface area contributed by atoms with Crippen LogP contribution >= 0.6 is 11.3 Å². The number of aromatic nitrogens is 2. The predicted octanol–water partition coefficient (Wildman–Crippen LogP) is 4.42. The van der Waals surface area contributed by atoms with Crippen molar-refractivity contribution in [1.29, 1.82) is 0 Å². The predicted molar refractivity (Wildman–Crippen MR) is 95.5 cm³/mol. The van der Waals surface area contributed by atoms with Gasteiger partial charge in [0.25, 0.3) is 0 Å². The molecular weight excluding hydrogens is 306 g/mol. The van der Waals surface area contributed by atoms with Crippen LogP contribution in [-0.2, 0) is 6.42 Å². The summed E-state index contributed by atoms with van der Waals surface area (Å²) in [5.74, 6) is 0.974. The molecule has 0 aliphatic carbocycles. The normalized spacial score (nSPS) is 13.4. The van der Waals surface area contributed by atoms with Gasteiger partial charge in [0.2, 0.25) is 0 Å². The number of hydrogen-bond donors (Lipinski definition) is 1. The summed E-state index contributed by atoms with van der Waals surface area (Å²) < 4.78 is 5.68. The number of nitrogens with one attached hydrogen (secondary N) is 1. The molecule has 0 unspecified atom stereocenters. The summed E-state index contributed by atoms with van der Waals surface area (Å²) in [6.45, 7) is 7.11. The minimum Gasteiger partial charge on any atom is -0.493 e. The van der Waals surface area contributed by atoms with Crippen molar-refractivity contribution in [3.05, 3.63) is 34.7 Å². The van der Waals surface area contributed by atoms with Gasteiger partial charge < -0.3 is 10.1 Å². The average Bonchev–Trinajstić information content (AvgIpc) is 3.15. The zero-order valence-electron chi connectivity index (χ0n) is 13.5. The van der Waals surface area contributed by atoms with Crippen molar-refractivity contribution in [1.82, 2.24) is 9.97 Å². The lowest BCUT2D eigenvalue weighted by molar-refractivity contribution is 0.357. The van der Waals surface area contributed by atoms with Crippen molar-refractivity contribution in [2.24, 2.45) is 0 Å². The van der Waals surface area contributed by atoms with E-state index in [9.17, 15) is 0 Å². The van der Waals surface area contributed by atoms with Gasteiger partial charge in [-0.1, -0.05) is 0 Å². The summed E-state index contributed by atoms with van der Waals surface area (Å²) in [5.41, 5.74) is 5.37. The van der Waals surface area contributed by atoms with Gasteiger partial charge in [0.1, 0.15) is 11.4 Å². The Labute approximate surface area is 139 Å². The molecule has 3 heterocycles. The molecule has 0 atom stereocenters. The molecule has 118 valence electrons. The van der Waals surface area contributed by atoms with E-state index < -0.39 is 0 Å². The Kier molecular flexibility index (Phi) is 3.45. The number of thiazole rings is 1. The van der Waals surface area contributed by atoms with Crippen molar-refractivity contribution < 1.29 is 4.74 Å². The molecule has 1 aliphatic heterocycles. The monoisotopic (exact) mass is 325 g/mol. The van der Waals surface area contributed by atoms with E-state index in [2.05, 4.69) is 54.7 Å². The van der Waals surface area contributed by atoms with Gasteiger partial charge in [-0.3, -0.25) is 0 Å². The molecule has 1 aromatic carbocycles. The van der Waals surface area contributed by atoms with E-state index in [0.29, 0.717) is 6.04 Å². The molecule has 2 aromatic heterocycles. The van der Waals surface area contributed by atoms with Gasteiger partial charge in [0.05, 0.1) is 17.8 Å². The Morgan fingerprint density at radius 3 is 2.91 bits per heavy atom. The molecule has 23 heavy (non-hydrogen) atoms. The van der Waals surface area contributed by atoms with E-state index in [1.54, 1.807) is 11.3 Å². The summed E-state index contributed by atoms with van der Waals surface area (Å²) in [6, 6.07) is 6.67. The maximum Gasteiger partial charge on any atom is 0.183 e. The minimum atomic E-state index is 0.376. The minimum absolute atomic E-state index is 0.376. The lowest BCUT2D eigenvalue weighted by Gasteiger charge is -2.08. The topological polar surface area (TPSA) is 47.0 Å². The molecule has 0 saturated heterocycles. The molecule has 5 heteroatoms. The van der Waals surface area contributed by atoms with Crippen LogP contribution in [0.4, 0.5) is 5.13 Å². The highest BCUT2D eigenvalue weighted by Gasteiger charge is 2.18. The van der Waals surface area contributed by atoms with Crippen LogP contribution < -0.4 is 10.1 Å². The van der Waals surface area contributed by atoms with Gasteiger partial charge >= 0.3 is 0 Å². The number of pyridine rings is 1. The van der Waals surface area contributed by atoms with Crippen molar-refractivity contribution in [2.45, 2.75) is 33.2 Å². The van der Waals surface area contributed by atoms with E-state index in [1.807, 2.05) is 0 Å². The van der Waals surface area contributed by atoms with Crippen LogP contribution in [0.25, 0.3) is 22.3 Å². The van der Waals surface area contributed by atoms with Gasteiger partial charge in [0.15, 0.2) is 5.13 Å². The van der Waals surface area contributed by atoms with Crippen LogP contribution in [0.5, 0.6) is 5.75 Å². The molecule has 0 spiro atoms. The van der Waals surface area contributed by atoms with Gasteiger partial charge in [-0.2, -0.15) is 0 Å². The largest absolute Gasteiger partial charge is 0.493 e. The quantitative estimate of drug-likeness (QED) is 0.774. The maximum absolute atomic E-state index is 5.68. The number of ether oxygens (including phenoxy) is 1. The number of anilines is 1. The molecule has 0 amide bonds. The van der Waals surface area contributed by atoms with Crippen LogP contribution in [0.1, 0.15) is 25.0 Å². The summed E-state index contributed by atoms with van der Waals surface area (Å²) in [7, 11) is 0. The van der Waals surface area contributed by atoms with E-state index in [0.717, 1.165) is 40.8 Å². The second-order valence-corrected chi connectivity index (χ2v) is 7.06. The molecule has 1 aliphatic rings. The summed E-state index contributed by atoms with van der Waals surface area (Å²) in [4.78, 5) is 9.58. The molecule has 4 nitrogen and oxygen atoms in total. The molecule has 3 aromatic rings. The Morgan fingerprint density at radius 2 is 2.09 bits per heavy atom. The Hall–Kier alpha value is -2.14. The van der Waals surface area contributed by atoms with Crippen molar-refractivity contribution in [3.63, 3.8) is 0 Å². The third-order valence-electron chi connectivity index (χ3n) is 4.04. The Morgan fingerprint density at radius 1 is 1.22 bits per heavy atom. The fourth-order valence-corrected chi connectivity index (χ4v) is 3.83. The average molecular weight is 325 g/mol. The third kappa shape index (κ3) is 2.55. The third-order valence-corrected chi connectivity index (χ3v) is 4.81. The van der Waals surface area contributed by atoms with Crippen molar-refractivity contribution in [3.8, 4) is 17.1 Å². The first-order chi connectivity index (χ1) is 11.1. The molecule has 4 rings (SSSR count). The lowest BCUT2D eigenvalue weighted by atomic mass is 10.0. The molecular formula is C18H19N3OS. The highest BCUT2D eigenvalue weighted by molar-refractivity contribution is 7.14. The van der Waals surface area contributed by atoms with Gasteiger partial charge in [0, 0.05) is 28.8 Å². The van der Waals surface area contributed by atoms with Crippen LogP contribution in [0, 0.1) is 6.92 Å². The van der Waals surface area contributed by atoms with Crippen LogP contribution in [0.2, 0.25) is 0 Å². The standard InChI is InChI=1S/C18H19N3OS/c1-10(2)19-18-21-15(9-23-18)14-8-11(3)12-4-5-16-13(6-7-22-16)17(12)20-14/h4-5,8-10H,6-7H2,1-3H3,(H,19,21). The smallest absolute Gasteiger partial charge is 0.183 e. The molecule has 0 bridgehead atoms. The van der Waals surface area contributed by atoms with Crippen LogP contribution in [0.3, 0.4) is 0 Å². The highest BCUT2D eigenvalue weighted by atomic mass is 32.1. The first-order valence-electron chi connectivity index (χ1n) is 7.90. The van der Waals surface area contributed by atoms with E-state index in [-0.39, 0.29) is 0 Å². The highest BCUT2D eigenvalue weighted by Crippen LogP contribution is 2.35. The van der Waals surface area contributed by atoms with Crippen LogP contribution in [0.15, 0.2) is 23.6 Å². The zero-order chi connectivity index (χ0) is 16.0. The number of fused-ring (bicyclic) bond motifs is 3. The van der Waals surface area contributed by atoms with E-state index >= 15 is 0 Å². The maximum atomic E-state index is 5.68. The summed E-state index contributed by atoms with van der Waals surface area (Å²) in [6.07, 6.45) is 0.930. The fourth-order valence-electron chi connectivity index (χ4n) is 2.97. The summed E-state index contributed by atoms with van der Waals surface area (Å²) in [5, 5.41) is 7.56. The first kappa shape index (κ1) is 14.5. The van der Waals surface area contributed by atoms with Gasteiger partial charge in [-0.05, 0) is 44.5 Å². The van der Waals surface area contributed by atoms with E-state index in [4.69, 9.17) is 9.72 Å². The van der Waals surface area contributed by atoms with Gasteiger partial charge in [-0.25, -0.2) is 9.97 Å². The molecule has 0 fully saturated rings. The van der Waals surface area contributed by atoms with E-state index in [1.165, 1.54) is 16.5 Å². The molecule has 0 saturated carbocycles. The summed E-state index contributed by atoms with van der Waals surface area (Å²) >= 11 is 1.62. The molecule has 0 radical (unpaired) electrons. The Bertz CT molecular complexity index is 885.